The van der Waals surface area contributed by atoms with Crippen molar-refractivity contribution in [3.63, 3.8) is 0 Å². The third kappa shape index (κ3) is 5.75. The van der Waals surface area contributed by atoms with Crippen LogP contribution in [0.15, 0.2) is 0 Å². The van der Waals surface area contributed by atoms with Crippen molar-refractivity contribution in [3.8, 4) is 0 Å². The average Bonchev–Trinajstić information content (AvgIpc) is 3.15. The van der Waals surface area contributed by atoms with Crippen LogP contribution in [0.4, 0.5) is 5.82 Å². The third-order valence-electron chi connectivity index (χ3n) is 6.16. The fraction of sp³-hybridized carbons (Fsp3) is 0.696. The fourth-order valence-electron chi connectivity index (χ4n) is 4.42. The van der Waals surface area contributed by atoms with Crippen molar-refractivity contribution >= 4 is 33.3 Å². The highest BCUT2D eigenvalue weighted by Crippen LogP contribution is 2.34. The molecule has 2 fully saturated rings. The van der Waals surface area contributed by atoms with Crippen LogP contribution in [0.25, 0.3) is 10.2 Å². The van der Waals surface area contributed by atoms with Crippen molar-refractivity contribution in [2.75, 3.05) is 64.4 Å². The zero-order valence-corrected chi connectivity index (χ0v) is 20.1. The van der Waals surface area contributed by atoms with Crippen LogP contribution in [-0.4, -0.2) is 84.8 Å². The maximum atomic E-state index is 12.5. The molecule has 0 aliphatic carbocycles. The van der Waals surface area contributed by atoms with Crippen molar-refractivity contribution in [2.45, 2.75) is 46.1 Å². The number of rotatable bonds is 9. The Bertz CT molecular complexity index is 907. The Hall–Kier alpha value is -1.81. The average molecular weight is 462 g/mol. The summed E-state index contributed by atoms with van der Waals surface area (Å²) in [5, 5.41) is 4.51. The molecule has 2 aliphatic heterocycles. The Morgan fingerprint density at radius 1 is 1.12 bits per heavy atom. The zero-order chi connectivity index (χ0) is 22.3. The van der Waals surface area contributed by atoms with Gasteiger partial charge in [0.05, 0.1) is 31.8 Å². The first kappa shape index (κ1) is 23.4. The van der Waals surface area contributed by atoms with Gasteiger partial charge in [-0.05, 0) is 58.3 Å². The lowest BCUT2D eigenvalue weighted by Gasteiger charge is -2.26. The monoisotopic (exact) mass is 461 g/mol. The number of piperidine rings is 1. The molecule has 8 nitrogen and oxygen atoms in total. The number of morpholine rings is 1. The molecule has 2 aromatic heterocycles. The molecule has 0 amide bonds. The zero-order valence-electron chi connectivity index (χ0n) is 19.3. The molecule has 4 heterocycles. The number of thiophene rings is 1. The molecule has 2 aromatic rings. The van der Waals surface area contributed by atoms with Crippen LogP contribution in [0.2, 0.25) is 0 Å². The van der Waals surface area contributed by atoms with E-state index in [0.29, 0.717) is 18.0 Å². The minimum absolute atomic E-state index is 0.279. The van der Waals surface area contributed by atoms with Crippen molar-refractivity contribution in [1.29, 1.82) is 0 Å². The summed E-state index contributed by atoms with van der Waals surface area (Å²) in [4.78, 5) is 28.5. The number of fused-ring (bicyclic) bond motifs is 1. The minimum Gasteiger partial charge on any atom is -0.462 e. The molecular formula is C23H35N5O3S. The van der Waals surface area contributed by atoms with Gasteiger partial charge in [-0.25, -0.2) is 14.8 Å². The Kier molecular flexibility index (Phi) is 8.29. The second-order valence-corrected chi connectivity index (χ2v) is 9.52. The lowest BCUT2D eigenvalue weighted by molar-refractivity contribution is 0.0331. The Morgan fingerprint density at radius 2 is 1.91 bits per heavy atom. The first-order chi connectivity index (χ1) is 15.7. The standard InChI is InChI=1S/C23H35N5O3S/c1-3-31-23(29)20-17(2)19-21(24-8-7-11-27-9-5-4-6-10-27)25-18(26-22(19)32-20)16-28-12-14-30-15-13-28/h3-16H2,1-2H3,(H,24,25,26). The summed E-state index contributed by atoms with van der Waals surface area (Å²) in [7, 11) is 0. The number of nitrogens with zero attached hydrogens (tertiary/aromatic N) is 4. The van der Waals surface area contributed by atoms with Crippen LogP contribution in [0.3, 0.4) is 0 Å². The molecule has 4 rings (SSSR count). The predicted molar refractivity (Wildman–Crippen MR) is 128 cm³/mol. The van der Waals surface area contributed by atoms with Gasteiger partial charge >= 0.3 is 5.97 Å². The van der Waals surface area contributed by atoms with Crippen molar-refractivity contribution in [3.05, 3.63) is 16.3 Å². The normalized spacial score (nSPS) is 18.2. The lowest BCUT2D eigenvalue weighted by atomic mass is 10.1. The molecule has 32 heavy (non-hydrogen) atoms. The molecule has 0 saturated carbocycles. The molecular weight excluding hydrogens is 426 g/mol. The first-order valence-electron chi connectivity index (χ1n) is 11.9. The van der Waals surface area contributed by atoms with E-state index in [0.717, 1.165) is 73.2 Å². The third-order valence-corrected chi connectivity index (χ3v) is 7.32. The molecule has 0 aromatic carbocycles. The molecule has 2 aliphatic rings. The Morgan fingerprint density at radius 3 is 2.66 bits per heavy atom. The number of nitrogens with one attached hydrogen (secondary N) is 1. The van der Waals surface area contributed by atoms with Crippen LogP contribution in [-0.2, 0) is 16.0 Å². The Balaban J connectivity index is 1.52. The van der Waals surface area contributed by atoms with Gasteiger partial charge < -0.3 is 19.7 Å². The predicted octanol–water partition coefficient (Wildman–Crippen LogP) is 3.30. The van der Waals surface area contributed by atoms with Crippen LogP contribution in [0.5, 0.6) is 0 Å². The number of aryl methyl sites for hydroxylation is 1. The molecule has 176 valence electrons. The quantitative estimate of drug-likeness (QED) is 0.450. The molecule has 0 radical (unpaired) electrons. The summed E-state index contributed by atoms with van der Waals surface area (Å²) in [6, 6.07) is 0. The summed E-state index contributed by atoms with van der Waals surface area (Å²) >= 11 is 1.41. The number of hydrogen-bond donors (Lipinski definition) is 1. The second kappa shape index (κ2) is 11.4. The number of anilines is 1. The van der Waals surface area contributed by atoms with Crippen molar-refractivity contribution in [2.24, 2.45) is 0 Å². The number of carbonyl (C=O) groups excluding carboxylic acids is 1. The van der Waals surface area contributed by atoms with Gasteiger partial charge in [0.2, 0.25) is 0 Å². The van der Waals surface area contributed by atoms with Crippen LogP contribution in [0.1, 0.15) is 53.7 Å². The van der Waals surface area contributed by atoms with E-state index in [9.17, 15) is 4.79 Å². The van der Waals surface area contributed by atoms with Gasteiger partial charge in [0.25, 0.3) is 0 Å². The number of hydrogen-bond acceptors (Lipinski definition) is 9. The molecule has 0 atom stereocenters. The highest BCUT2D eigenvalue weighted by molar-refractivity contribution is 7.20. The van der Waals surface area contributed by atoms with E-state index in [1.54, 1.807) is 0 Å². The summed E-state index contributed by atoms with van der Waals surface area (Å²) in [6.07, 6.45) is 5.06. The van der Waals surface area contributed by atoms with E-state index in [1.807, 2.05) is 13.8 Å². The van der Waals surface area contributed by atoms with E-state index in [1.165, 1.54) is 43.7 Å². The van der Waals surface area contributed by atoms with E-state index < -0.39 is 0 Å². The lowest BCUT2D eigenvalue weighted by Crippen LogP contribution is -2.36. The summed E-state index contributed by atoms with van der Waals surface area (Å²) in [5.74, 6) is 1.34. The minimum atomic E-state index is -0.279. The topological polar surface area (TPSA) is 79.8 Å². The van der Waals surface area contributed by atoms with Crippen molar-refractivity contribution < 1.29 is 14.3 Å². The Labute approximate surface area is 194 Å². The first-order valence-corrected chi connectivity index (χ1v) is 12.7. The van der Waals surface area contributed by atoms with Gasteiger partial charge in [-0.15, -0.1) is 11.3 Å². The fourth-order valence-corrected chi connectivity index (χ4v) is 5.52. The van der Waals surface area contributed by atoms with E-state index in [-0.39, 0.29) is 5.97 Å². The van der Waals surface area contributed by atoms with Gasteiger partial charge in [-0.3, -0.25) is 4.90 Å². The summed E-state index contributed by atoms with van der Waals surface area (Å²) < 4.78 is 10.7. The molecule has 9 heteroatoms. The van der Waals surface area contributed by atoms with E-state index >= 15 is 0 Å². The van der Waals surface area contributed by atoms with Gasteiger partial charge in [-0.2, -0.15) is 0 Å². The number of esters is 1. The molecule has 1 N–H and O–H groups in total. The van der Waals surface area contributed by atoms with Crippen LogP contribution < -0.4 is 5.32 Å². The smallest absolute Gasteiger partial charge is 0.348 e. The molecule has 2 saturated heterocycles. The number of ether oxygens (including phenoxy) is 2. The van der Waals surface area contributed by atoms with Gasteiger partial charge in [0.15, 0.2) is 0 Å². The van der Waals surface area contributed by atoms with Crippen molar-refractivity contribution in [1.82, 2.24) is 19.8 Å². The van der Waals surface area contributed by atoms with Crippen LogP contribution in [0, 0.1) is 6.92 Å². The largest absolute Gasteiger partial charge is 0.462 e. The maximum absolute atomic E-state index is 12.5. The highest BCUT2D eigenvalue weighted by atomic mass is 32.1. The maximum Gasteiger partial charge on any atom is 0.348 e. The second-order valence-electron chi connectivity index (χ2n) is 8.52. The number of likely N-dealkylation sites (tertiary alicyclic amines) is 1. The van der Waals surface area contributed by atoms with Gasteiger partial charge in [0, 0.05) is 19.6 Å². The van der Waals surface area contributed by atoms with Gasteiger partial charge in [0.1, 0.15) is 21.3 Å². The SMILES string of the molecule is CCOC(=O)c1sc2nc(CN3CCOCC3)nc(NCCCN3CCCCC3)c2c1C. The van der Waals surface area contributed by atoms with E-state index in [4.69, 9.17) is 19.4 Å². The van der Waals surface area contributed by atoms with E-state index in [2.05, 4.69) is 15.1 Å². The number of carbonyl (C=O) groups is 1. The molecule has 0 bridgehead atoms. The highest BCUT2D eigenvalue weighted by Gasteiger charge is 2.22. The summed E-state index contributed by atoms with van der Waals surface area (Å²) in [6.45, 7) is 12.5. The molecule has 0 unspecified atom stereocenters. The van der Waals surface area contributed by atoms with Gasteiger partial charge in [-0.1, -0.05) is 6.42 Å². The number of aromatic nitrogens is 2. The summed E-state index contributed by atoms with van der Waals surface area (Å²) in [5.41, 5.74) is 0.903. The van der Waals surface area contributed by atoms with Crippen LogP contribution >= 0.6 is 11.3 Å². The molecule has 0 spiro atoms.